The van der Waals surface area contributed by atoms with E-state index < -0.39 is 5.54 Å². The zero-order valence-corrected chi connectivity index (χ0v) is 12.3. The maximum atomic E-state index is 13.2. The second kappa shape index (κ2) is 5.80. The van der Waals surface area contributed by atoms with Gasteiger partial charge in [-0.25, -0.2) is 4.39 Å². The number of aromatic amines is 1. The number of carbonyl (C=O) groups excluding carboxylic acids is 1. The lowest BCUT2D eigenvalue weighted by Crippen LogP contribution is -2.49. The Bertz CT molecular complexity index is 738. The van der Waals surface area contributed by atoms with Gasteiger partial charge in [-0.2, -0.15) is 5.26 Å². The van der Waals surface area contributed by atoms with Gasteiger partial charge in [0.05, 0.1) is 12.5 Å². The van der Waals surface area contributed by atoms with Crippen LogP contribution >= 0.6 is 0 Å². The number of hydrogen-bond acceptors (Lipinski definition) is 2. The first-order valence-electron chi connectivity index (χ1n) is 7.60. The SMILES string of the molecule is N#CC1(NC(=O)Cc2c[nH]c3cc(F)ccc23)CCCCC1. The first-order valence-corrected chi connectivity index (χ1v) is 7.60. The van der Waals surface area contributed by atoms with Gasteiger partial charge in [-0.05, 0) is 36.6 Å². The van der Waals surface area contributed by atoms with Crippen molar-refractivity contribution < 1.29 is 9.18 Å². The smallest absolute Gasteiger partial charge is 0.225 e. The van der Waals surface area contributed by atoms with E-state index in [0.717, 1.165) is 30.2 Å². The minimum atomic E-state index is -0.715. The molecule has 1 heterocycles. The van der Waals surface area contributed by atoms with E-state index in [4.69, 9.17) is 0 Å². The molecule has 1 aliphatic rings. The number of rotatable bonds is 3. The third kappa shape index (κ3) is 2.82. The van der Waals surface area contributed by atoms with E-state index in [0.29, 0.717) is 18.4 Å². The number of fused-ring (bicyclic) bond motifs is 1. The van der Waals surface area contributed by atoms with Gasteiger partial charge in [-0.15, -0.1) is 0 Å². The van der Waals surface area contributed by atoms with Gasteiger partial charge in [0.25, 0.3) is 0 Å². The molecule has 2 aromatic rings. The van der Waals surface area contributed by atoms with Crippen LogP contribution in [-0.4, -0.2) is 16.4 Å². The highest BCUT2D eigenvalue weighted by molar-refractivity contribution is 5.89. The molecule has 4 nitrogen and oxygen atoms in total. The lowest BCUT2D eigenvalue weighted by molar-refractivity contribution is -0.122. The molecular weight excluding hydrogens is 281 g/mol. The third-order valence-electron chi connectivity index (χ3n) is 4.38. The fraction of sp³-hybridized carbons (Fsp3) is 0.412. The van der Waals surface area contributed by atoms with Crippen LogP contribution in [-0.2, 0) is 11.2 Å². The van der Waals surface area contributed by atoms with E-state index in [1.165, 1.54) is 12.1 Å². The normalized spacial score (nSPS) is 17.1. The van der Waals surface area contributed by atoms with Crippen molar-refractivity contribution >= 4 is 16.8 Å². The summed E-state index contributed by atoms with van der Waals surface area (Å²) in [4.78, 5) is 15.3. The van der Waals surface area contributed by atoms with Crippen molar-refractivity contribution in [2.75, 3.05) is 0 Å². The minimum Gasteiger partial charge on any atom is -0.361 e. The number of carbonyl (C=O) groups is 1. The van der Waals surface area contributed by atoms with Crippen LogP contribution in [0.3, 0.4) is 0 Å². The largest absolute Gasteiger partial charge is 0.361 e. The standard InChI is InChI=1S/C17H18FN3O/c18-13-4-5-14-12(10-20-15(14)9-13)8-16(22)21-17(11-19)6-2-1-3-7-17/h4-5,9-10,20H,1-3,6-8H2,(H,21,22). The molecule has 1 fully saturated rings. The topological polar surface area (TPSA) is 68.7 Å². The zero-order chi connectivity index (χ0) is 15.6. The van der Waals surface area contributed by atoms with Crippen LogP contribution in [0.25, 0.3) is 10.9 Å². The summed E-state index contributed by atoms with van der Waals surface area (Å²) in [5.41, 5.74) is 0.778. The molecule has 0 aliphatic heterocycles. The number of H-pyrrole nitrogens is 1. The molecule has 0 bridgehead atoms. The van der Waals surface area contributed by atoms with E-state index in [1.54, 1.807) is 12.3 Å². The lowest BCUT2D eigenvalue weighted by Gasteiger charge is -2.31. The van der Waals surface area contributed by atoms with Crippen LogP contribution in [0.15, 0.2) is 24.4 Å². The molecule has 0 unspecified atom stereocenters. The highest BCUT2D eigenvalue weighted by atomic mass is 19.1. The molecule has 1 amide bonds. The molecule has 5 heteroatoms. The van der Waals surface area contributed by atoms with Gasteiger partial charge >= 0.3 is 0 Å². The van der Waals surface area contributed by atoms with Crippen molar-refractivity contribution in [2.24, 2.45) is 0 Å². The highest BCUT2D eigenvalue weighted by Crippen LogP contribution is 2.28. The van der Waals surface area contributed by atoms with Crippen molar-refractivity contribution in [3.05, 3.63) is 35.8 Å². The predicted molar refractivity (Wildman–Crippen MR) is 81.5 cm³/mol. The third-order valence-corrected chi connectivity index (χ3v) is 4.38. The monoisotopic (exact) mass is 299 g/mol. The minimum absolute atomic E-state index is 0.159. The average Bonchev–Trinajstić information content (AvgIpc) is 2.90. The number of aromatic nitrogens is 1. The van der Waals surface area contributed by atoms with Gasteiger partial charge in [0.15, 0.2) is 0 Å². The number of nitrogens with one attached hydrogen (secondary N) is 2. The Morgan fingerprint density at radius 1 is 1.36 bits per heavy atom. The first-order chi connectivity index (χ1) is 10.6. The molecule has 114 valence electrons. The van der Waals surface area contributed by atoms with E-state index in [1.807, 2.05) is 0 Å². The Hall–Kier alpha value is -2.35. The van der Waals surface area contributed by atoms with Crippen LogP contribution in [0, 0.1) is 17.1 Å². The van der Waals surface area contributed by atoms with E-state index in [2.05, 4.69) is 16.4 Å². The van der Waals surface area contributed by atoms with Crippen molar-refractivity contribution in [1.29, 1.82) is 5.26 Å². The molecule has 0 atom stereocenters. The van der Waals surface area contributed by atoms with Crippen LogP contribution in [0.4, 0.5) is 4.39 Å². The maximum Gasteiger partial charge on any atom is 0.225 e. The fourth-order valence-electron chi connectivity index (χ4n) is 3.21. The molecule has 1 aliphatic carbocycles. The second-order valence-corrected chi connectivity index (χ2v) is 5.98. The molecule has 22 heavy (non-hydrogen) atoms. The second-order valence-electron chi connectivity index (χ2n) is 5.98. The number of benzene rings is 1. The van der Waals surface area contributed by atoms with Crippen LogP contribution in [0.5, 0.6) is 0 Å². The molecule has 0 radical (unpaired) electrons. The first kappa shape index (κ1) is 14.6. The number of amides is 1. The number of hydrogen-bond donors (Lipinski definition) is 2. The lowest BCUT2D eigenvalue weighted by atomic mass is 9.82. The fourth-order valence-corrected chi connectivity index (χ4v) is 3.21. The highest BCUT2D eigenvalue weighted by Gasteiger charge is 2.33. The summed E-state index contributed by atoms with van der Waals surface area (Å²) in [6.07, 6.45) is 6.41. The molecule has 1 saturated carbocycles. The Morgan fingerprint density at radius 2 is 2.14 bits per heavy atom. The summed E-state index contributed by atoms with van der Waals surface area (Å²) < 4.78 is 13.2. The molecule has 1 aromatic heterocycles. The summed E-state index contributed by atoms with van der Waals surface area (Å²) in [5, 5.41) is 13.2. The molecule has 0 spiro atoms. The van der Waals surface area contributed by atoms with Crippen molar-refractivity contribution in [1.82, 2.24) is 10.3 Å². The number of nitrogens with zero attached hydrogens (tertiary/aromatic N) is 1. The van der Waals surface area contributed by atoms with Gasteiger partial charge in [0.1, 0.15) is 11.4 Å². The summed E-state index contributed by atoms with van der Waals surface area (Å²) in [5.74, 6) is -0.468. The quantitative estimate of drug-likeness (QED) is 0.914. The molecule has 3 rings (SSSR count). The van der Waals surface area contributed by atoms with Crippen LogP contribution in [0.2, 0.25) is 0 Å². The molecular formula is C17H18FN3O. The Labute approximate surface area is 128 Å². The van der Waals surface area contributed by atoms with Crippen LogP contribution < -0.4 is 5.32 Å². The van der Waals surface area contributed by atoms with Crippen LogP contribution in [0.1, 0.15) is 37.7 Å². The van der Waals surface area contributed by atoms with Gasteiger partial charge in [-0.1, -0.05) is 19.3 Å². The van der Waals surface area contributed by atoms with Gasteiger partial charge in [0, 0.05) is 17.1 Å². The predicted octanol–water partition coefficient (Wildman–Crippen LogP) is 3.19. The zero-order valence-electron chi connectivity index (χ0n) is 12.3. The average molecular weight is 299 g/mol. The summed E-state index contributed by atoms with van der Waals surface area (Å²) >= 11 is 0. The number of nitriles is 1. The van der Waals surface area contributed by atoms with E-state index in [9.17, 15) is 14.4 Å². The van der Waals surface area contributed by atoms with Gasteiger partial charge in [0.2, 0.25) is 5.91 Å². The van der Waals surface area contributed by atoms with E-state index in [-0.39, 0.29) is 18.1 Å². The molecule has 2 N–H and O–H groups in total. The Kier molecular flexibility index (Phi) is 3.84. The Balaban J connectivity index is 1.74. The van der Waals surface area contributed by atoms with Crippen molar-refractivity contribution in [2.45, 2.75) is 44.1 Å². The van der Waals surface area contributed by atoms with Crippen molar-refractivity contribution in [3.63, 3.8) is 0 Å². The van der Waals surface area contributed by atoms with Gasteiger partial charge < -0.3 is 10.3 Å². The van der Waals surface area contributed by atoms with Crippen molar-refractivity contribution in [3.8, 4) is 6.07 Å². The van der Waals surface area contributed by atoms with Gasteiger partial charge in [-0.3, -0.25) is 4.79 Å². The summed E-state index contributed by atoms with van der Waals surface area (Å²) in [7, 11) is 0. The summed E-state index contributed by atoms with van der Waals surface area (Å²) in [6.45, 7) is 0. The Morgan fingerprint density at radius 3 is 2.86 bits per heavy atom. The van der Waals surface area contributed by atoms with E-state index >= 15 is 0 Å². The summed E-state index contributed by atoms with van der Waals surface area (Å²) in [6, 6.07) is 6.75. The maximum absolute atomic E-state index is 13.2. The number of halogens is 1. The molecule has 0 saturated heterocycles. The molecule has 1 aromatic carbocycles.